The molecule has 108 valence electrons. The SMILES string of the molecule is COc1cccc(C(=O)NC2CCCC2C(N)=S)c1O. The first-order chi connectivity index (χ1) is 9.54. The molecule has 2 rings (SSSR count). The van der Waals surface area contributed by atoms with Gasteiger partial charge in [-0.15, -0.1) is 0 Å². The van der Waals surface area contributed by atoms with E-state index in [0.717, 1.165) is 19.3 Å². The lowest BCUT2D eigenvalue weighted by molar-refractivity contribution is 0.0930. The van der Waals surface area contributed by atoms with Crippen LogP contribution in [0, 0.1) is 5.92 Å². The van der Waals surface area contributed by atoms with Crippen LogP contribution in [-0.2, 0) is 0 Å². The number of benzene rings is 1. The molecule has 5 nitrogen and oxygen atoms in total. The van der Waals surface area contributed by atoms with Gasteiger partial charge in [0.2, 0.25) is 0 Å². The standard InChI is InChI=1S/C14H18N2O3S/c1-19-11-7-3-5-9(12(11)17)14(18)16-10-6-2-4-8(10)13(15)20/h3,5,7-8,10,17H,2,4,6H2,1H3,(H2,15,20)(H,16,18). The van der Waals surface area contributed by atoms with Gasteiger partial charge in [0, 0.05) is 12.0 Å². The minimum absolute atomic E-state index is 0.0294. The number of phenolic OH excluding ortho intramolecular Hbond substituents is 1. The molecular weight excluding hydrogens is 276 g/mol. The molecular formula is C14H18N2O3S. The van der Waals surface area contributed by atoms with Gasteiger partial charge in [0.1, 0.15) is 0 Å². The van der Waals surface area contributed by atoms with Crippen molar-refractivity contribution in [2.24, 2.45) is 11.7 Å². The average Bonchev–Trinajstić information content (AvgIpc) is 2.87. The maximum atomic E-state index is 12.2. The number of aromatic hydroxyl groups is 1. The van der Waals surface area contributed by atoms with Crippen molar-refractivity contribution in [2.75, 3.05) is 7.11 Å². The van der Waals surface area contributed by atoms with Crippen LogP contribution in [0.1, 0.15) is 29.6 Å². The van der Waals surface area contributed by atoms with E-state index < -0.39 is 0 Å². The first-order valence-electron chi connectivity index (χ1n) is 6.50. The third kappa shape index (κ3) is 2.85. The van der Waals surface area contributed by atoms with Gasteiger partial charge >= 0.3 is 0 Å². The van der Waals surface area contributed by atoms with Crippen LogP contribution in [0.5, 0.6) is 11.5 Å². The van der Waals surface area contributed by atoms with Crippen LogP contribution in [-0.4, -0.2) is 29.2 Å². The van der Waals surface area contributed by atoms with E-state index in [1.54, 1.807) is 18.2 Å². The van der Waals surface area contributed by atoms with Gasteiger partial charge in [-0.25, -0.2) is 0 Å². The fraction of sp³-hybridized carbons (Fsp3) is 0.429. The number of hydrogen-bond donors (Lipinski definition) is 3. The molecule has 2 atom stereocenters. The second-order valence-corrected chi connectivity index (χ2v) is 5.35. The number of nitrogens with one attached hydrogen (secondary N) is 1. The average molecular weight is 294 g/mol. The van der Waals surface area contributed by atoms with Crippen LogP contribution in [0.2, 0.25) is 0 Å². The van der Waals surface area contributed by atoms with Crippen LogP contribution in [0.3, 0.4) is 0 Å². The maximum absolute atomic E-state index is 12.2. The Kier molecular flexibility index (Phi) is 4.44. The van der Waals surface area contributed by atoms with Gasteiger partial charge in [-0.1, -0.05) is 24.7 Å². The third-order valence-corrected chi connectivity index (χ3v) is 3.96. The number of phenols is 1. The number of carbonyl (C=O) groups excluding carboxylic acids is 1. The molecule has 1 aromatic carbocycles. The van der Waals surface area contributed by atoms with Crippen LogP contribution in [0.4, 0.5) is 0 Å². The molecule has 0 spiro atoms. The van der Waals surface area contributed by atoms with Gasteiger partial charge in [-0.3, -0.25) is 4.79 Å². The van der Waals surface area contributed by atoms with Crippen molar-refractivity contribution in [3.63, 3.8) is 0 Å². The van der Waals surface area contributed by atoms with E-state index in [2.05, 4.69) is 5.32 Å². The molecule has 4 N–H and O–H groups in total. The van der Waals surface area contributed by atoms with E-state index in [4.69, 9.17) is 22.7 Å². The minimum Gasteiger partial charge on any atom is -0.504 e. The summed E-state index contributed by atoms with van der Waals surface area (Å²) in [6, 6.07) is 4.75. The molecule has 0 heterocycles. The Bertz CT molecular complexity index is 533. The topological polar surface area (TPSA) is 84.6 Å². The second kappa shape index (κ2) is 6.09. The van der Waals surface area contributed by atoms with E-state index in [9.17, 15) is 9.90 Å². The number of amides is 1. The van der Waals surface area contributed by atoms with Crippen molar-refractivity contribution in [1.82, 2.24) is 5.32 Å². The molecule has 1 saturated carbocycles. The molecule has 0 aliphatic heterocycles. The largest absolute Gasteiger partial charge is 0.504 e. The quantitative estimate of drug-likeness (QED) is 0.734. The van der Waals surface area contributed by atoms with E-state index in [1.165, 1.54) is 7.11 Å². The first-order valence-corrected chi connectivity index (χ1v) is 6.91. The summed E-state index contributed by atoms with van der Waals surface area (Å²) >= 11 is 5.02. The van der Waals surface area contributed by atoms with Gasteiger partial charge in [-0.05, 0) is 25.0 Å². The van der Waals surface area contributed by atoms with E-state index in [1.807, 2.05) is 0 Å². The molecule has 0 aromatic heterocycles. The van der Waals surface area contributed by atoms with E-state index >= 15 is 0 Å². The smallest absolute Gasteiger partial charge is 0.255 e. The summed E-state index contributed by atoms with van der Waals surface area (Å²) in [4.78, 5) is 12.7. The van der Waals surface area contributed by atoms with Gasteiger partial charge in [0.25, 0.3) is 5.91 Å². The van der Waals surface area contributed by atoms with Crippen LogP contribution < -0.4 is 15.8 Å². The Morgan fingerprint density at radius 1 is 1.50 bits per heavy atom. The highest BCUT2D eigenvalue weighted by molar-refractivity contribution is 7.80. The Labute approximate surface area is 123 Å². The summed E-state index contributed by atoms with van der Waals surface area (Å²) in [7, 11) is 1.44. The molecule has 1 fully saturated rings. The maximum Gasteiger partial charge on any atom is 0.255 e. The zero-order valence-corrected chi connectivity index (χ0v) is 12.1. The minimum atomic E-state index is -0.338. The Morgan fingerprint density at radius 3 is 2.90 bits per heavy atom. The fourth-order valence-electron chi connectivity index (χ4n) is 2.59. The summed E-state index contributed by atoms with van der Waals surface area (Å²) < 4.78 is 4.99. The summed E-state index contributed by atoms with van der Waals surface area (Å²) in [6.07, 6.45) is 2.72. The third-order valence-electron chi connectivity index (χ3n) is 3.66. The zero-order valence-electron chi connectivity index (χ0n) is 11.3. The highest BCUT2D eigenvalue weighted by Crippen LogP contribution is 2.30. The molecule has 0 bridgehead atoms. The lowest BCUT2D eigenvalue weighted by Crippen LogP contribution is -2.41. The van der Waals surface area contributed by atoms with Crippen LogP contribution in [0.15, 0.2) is 18.2 Å². The molecule has 20 heavy (non-hydrogen) atoms. The number of methoxy groups -OCH3 is 1. The molecule has 0 radical (unpaired) electrons. The zero-order chi connectivity index (χ0) is 14.7. The second-order valence-electron chi connectivity index (χ2n) is 4.88. The van der Waals surface area contributed by atoms with Gasteiger partial charge < -0.3 is 20.9 Å². The normalized spacial score (nSPS) is 21.4. The number of thiocarbonyl (C=S) groups is 1. The number of carbonyl (C=O) groups is 1. The molecule has 2 unspecified atom stereocenters. The van der Waals surface area contributed by atoms with Crippen molar-refractivity contribution in [3.8, 4) is 11.5 Å². The molecule has 1 aliphatic rings. The van der Waals surface area contributed by atoms with Crippen LogP contribution >= 0.6 is 12.2 Å². The predicted octanol–water partition coefficient (Wildman–Crippen LogP) is 1.59. The van der Waals surface area contributed by atoms with Crippen molar-refractivity contribution < 1.29 is 14.6 Å². The molecule has 1 aromatic rings. The molecule has 0 saturated heterocycles. The lowest BCUT2D eigenvalue weighted by Gasteiger charge is -2.20. The van der Waals surface area contributed by atoms with Crippen LogP contribution in [0.25, 0.3) is 0 Å². The number of nitrogens with two attached hydrogens (primary N) is 1. The molecule has 1 amide bonds. The Hall–Kier alpha value is -1.82. The molecule has 6 heteroatoms. The first kappa shape index (κ1) is 14.6. The van der Waals surface area contributed by atoms with Gasteiger partial charge in [-0.2, -0.15) is 0 Å². The fourth-order valence-corrected chi connectivity index (χ4v) is 2.87. The number of rotatable bonds is 4. The van der Waals surface area contributed by atoms with Gasteiger partial charge in [0.05, 0.1) is 17.7 Å². The summed E-state index contributed by atoms with van der Waals surface area (Å²) in [5.41, 5.74) is 5.88. The Balaban J connectivity index is 2.14. The monoisotopic (exact) mass is 294 g/mol. The van der Waals surface area contributed by atoms with Gasteiger partial charge in [0.15, 0.2) is 11.5 Å². The van der Waals surface area contributed by atoms with E-state index in [0.29, 0.717) is 4.99 Å². The lowest BCUT2D eigenvalue weighted by atomic mass is 10.0. The highest BCUT2D eigenvalue weighted by Gasteiger charge is 2.31. The van der Waals surface area contributed by atoms with E-state index in [-0.39, 0.29) is 34.9 Å². The summed E-state index contributed by atoms with van der Waals surface area (Å²) in [5, 5.41) is 12.9. The number of ether oxygens (including phenoxy) is 1. The van der Waals surface area contributed by atoms with Crippen molar-refractivity contribution >= 4 is 23.1 Å². The highest BCUT2D eigenvalue weighted by atomic mass is 32.1. The van der Waals surface area contributed by atoms with Crippen molar-refractivity contribution in [2.45, 2.75) is 25.3 Å². The van der Waals surface area contributed by atoms with Crippen molar-refractivity contribution in [3.05, 3.63) is 23.8 Å². The van der Waals surface area contributed by atoms with Crippen molar-refractivity contribution in [1.29, 1.82) is 0 Å². The Morgan fingerprint density at radius 2 is 2.25 bits per heavy atom. The predicted molar refractivity (Wildman–Crippen MR) is 80.0 cm³/mol. The number of para-hydroxylation sites is 1. The molecule has 1 aliphatic carbocycles. The summed E-state index contributed by atoms with van der Waals surface area (Å²) in [6.45, 7) is 0. The summed E-state index contributed by atoms with van der Waals surface area (Å²) in [5.74, 6) is -0.191. The number of hydrogen-bond acceptors (Lipinski definition) is 4.